The van der Waals surface area contributed by atoms with Crippen LogP contribution in [0.25, 0.3) is 11.2 Å². The Hall–Kier alpha value is -4.27. The largest absolute Gasteiger partial charge is 0.497 e. The van der Waals surface area contributed by atoms with E-state index in [1.165, 1.54) is 12.1 Å². The van der Waals surface area contributed by atoms with Gasteiger partial charge in [0.15, 0.2) is 5.65 Å². The molecule has 0 fully saturated rings. The van der Waals surface area contributed by atoms with Crippen molar-refractivity contribution in [1.82, 2.24) is 19.9 Å². The van der Waals surface area contributed by atoms with Gasteiger partial charge < -0.3 is 14.6 Å². The molecule has 2 heterocycles. The fourth-order valence-electron chi connectivity index (χ4n) is 3.47. The van der Waals surface area contributed by atoms with Crippen molar-refractivity contribution in [1.29, 1.82) is 0 Å². The highest BCUT2D eigenvalue weighted by atomic mass is 16.6. The Labute approximate surface area is 183 Å². The van der Waals surface area contributed by atoms with Crippen LogP contribution in [0.3, 0.4) is 0 Å². The summed E-state index contributed by atoms with van der Waals surface area (Å²) in [4.78, 5) is 32.0. The van der Waals surface area contributed by atoms with Crippen LogP contribution < -0.4 is 10.1 Å². The summed E-state index contributed by atoms with van der Waals surface area (Å²) < 4.78 is 7.27. The number of nitrogens with zero attached hydrogens (tertiary/aromatic N) is 4. The molecular formula is C23H21N5O4. The van der Waals surface area contributed by atoms with Gasteiger partial charge in [-0.15, -0.1) is 0 Å². The number of methoxy groups -OCH3 is 1. The van der Waals surface area contributed by atoms with Crippen LogP contribution in [0.4, 0.5) is 5.69 Å². The maximum atomic E-state index is 12.5. The number of nitro benzene ring substituents is 1. The number of carbonyl (C=O) groups excluding carboxylic acids is 1. The van der Waals surface area contributed by atoms with Crippen LogP contribution in [0.5, 0.6) is 5.75 Å². The lowest BCUT2D eigenvalue weighted by atomic mass is 10.1. The van der Waals surface area contributed by atoms with Crippen LogP contribution >= 0.6 is 0 Å². The second-order valence-electron chi connectivity index (χ2n) is 7.19. The Kier molecular flexibility index (Phi) is 6.07. The normalized spacial score (nSPS) is 10.8. The van der Waals surface area contributed by atoms with Gasteiger partial charge in [0.05, 0.1) is 31.5 Å². The Morgan fingerprint density at radius 3 is 2.75 bits per heavy atom. The summed E-state index contributed by atoms with van der Waals surface area (Å²) in [6.45, 7) is 0.717. The molecular weight excluding hydrogens is 410 g/mol. The van der Waals surface area contributed by atoms with Crippen LogP contribution in [-0.4, -0.2) is 32.5 Å². The molecule has 0 unspecified atom stereocenters. The van der Waals surface area contributed by atoms with Crippen LogP contribution in [-0.2, 0) is 24.3 Å². The highest BCUT2D eigenvalue weighted by molar-refractivity contribution is 5.79. The summed E-state index contributed by atoms with van der Waals surface area (Å²) in [6.07, 6.45) is 1.74. The van der Waals surface area contributed by atoms with Crippen molar-refractivity contribution in [2.75, 3.05) is 7.11 Å². The Morgan fingerprint density at radius 2 is 1.94 bits per heavy atom. The molecule has 0 bridgehead atoms. The van der Waals surface area contributed by atoms with Crippen molar-refractivity contribution in [3.05, 3.63) is 93.9 Å². The number of hydrogen-bond acceptors (Lipinski definition) is 6. The number of nitrogens with one attached hydrogen (secondary N) is 1. The zero-order valence-electron chi connectivity index (χ0n) is 17.4. The topological polar surface area (TPSA) is 112 Å². The van der Waals surface area contributed by atoms with Gasteiger partial charge in [-0.05, 0) is 35.4 Å². The first-order valence-corrected chi connectivity index (χ1v) is 9.96. The van der Waals surface area contributed by atoms with Crippen LogP contribution in [0.15, 0.2) is 66.9 Å². The molecule has 4 aromatic rings. The highest BCUT2D eigenvalue weighted by Crippen LogP contribution is 2.19. The molecule has 2 aromatic carbocycles. The average molecular weight is 431 g/mol. The summed E-state index contributed by atoms with van der Waals surface area (Å²) in [5, 5.41) is 13.8. The maximum Gasteiger partial charge on any atom is 0.269 e. The van der Waals surface area contributed by atoms with Crippen molar-refractivity contribution in [3.8, 4) is 5.75 Å². The number of hydrogen-bond donors (Lipinski definition) is 1. The Morgan fingerprint density at radius 1 is 1.12 bits per heavy atom. The van der Waals surface area contributed by atoms with E-state index < -0.39 is 4.92 Å². The van der Waals surface area contributed by atoms with Gasteiger partial charge in [-0.2, -0.15) is 0 Å². The third-order valence-electron chi connectivity index (χ3n) is 4.99. The first kappa shape index (κ1) is 21.0. The Bertz CT molecular complexity index is 1280. The molecule has 9 nitrogen and oxygen atoms in total. The fourth-order valence-corrected chi connectivity index (χ4v) is 3.47. The van der Waals surface area contributed by atoms with E-state index >= 15 is 0 Å². The summed E-state index contributed by atoms with van der Waals surface area (Å²) in [5.74, 6) is 1.17. The summed E-state index contributed by atoms with van der Waals surface area (Å²) >= 11 is 0. The predicted molar refractivity (Wildman–Crippen MR) is 118 cm³/mol. The average Bonchev–Trinajstić information content (AvgIpc) is 3.15. The van der Waals surface area contributed by atoms with Crippen molar-refractivity contribution < 1.29 is 14.5 Å². The minimum atomic E-state index is -0.477. The second-order valence-corrected chi connectivity index (χ2v) is 7.19. The van der Waals surface area contributed by atoms with Gasteiger partial charge in [-0.25, -0.2) is 9.97 Å². The monoisotopic (exact) mass is 431 g/mol. The molecule has 0 radical (unpaired) electrons. The van der Waals surface area contributed by atoms with E-state index in [1.54, 1.807) is 25.4 Å². The number of imidazole rings is 1. The number of benzene rings is 2. The molecule has 9 heteroatoms. The third-order valence-corrected chi connectivity index (χ3v) is 4.99. The van der Waals surface area contributed by atoms with E-state index in [4.69, 9.17) is 4.74 Å². The number of non-ortho nitro benzene ring substituents is 1. The molecule has 0 aliphatic heterocycles. The second kappa shape index (κ2) is 9.25. The molecule has 0 spiro atoms. The molecule has 0 saturated heterocycles. The number of aromatic nitrogens is 3. The first-order chi connectivity index (χ1) is 15.5. The number of ether oxygens (including phenoxy) is 1. The minimum Gasteiger partial charge on any atom is -0.497 e. The quantitative estimate of drug-likeness (QED) is 0.339. The molecule has 0 atom stereocenters. The van der Waals surface area contributed by atoms with E-state index in [0.717, 1.165) is 22.5 Å². The lowest BCUT2D eigenvalue weighted by Gasteiger charge is -2.11. The van der Waals surface area contributed by atoms with Crippen LogP contribution in [0.1, 0.15) is 17.0 Å². The summed E-state index contributed by atoms with van der Waals surface area (Å²) in [7, 11) is 1.62. The number of nitro groups is 1. The van der Waals surface area contributed by atoms with E-state index in [0.29, 0.717) is 17.9 Å². The van der Waals surface area contributed by atoms with Gasteiger partial charge in [0.2, 0.25) is 5.91 Å². The number of pyridine rings is 1. The first-order valence-electron chi connectivity index (χ1n) is 9.96. The molecule has 0 aliphatic carbocycles. The zero-order chi connectivity index (χ0) is 22.5. The van der Waals surface area contributed by atoms with Gasteiger partial charge in [0.1, 0.15) is 17.1 Å². The lowest BCUT2D eigenvalue weighted by Crippen LogP contribution is -2.26. The summed E-state index contributed by atoms with van der Waals surface area (Å²) in [5.41, 5.74) is 3.00. The third kappa shape index (κ3) is 4.72. The highest BCUT2D eigenvalue weighted by Gasteiger charge is 2.14. The SMILES string of the molecule is COc1cccc(Cn2c(CNC(=O)Cc3cccc([N+](=O)[O-])c3)nc3cccnc32)c1. The smallest absolute Gasteiger partial charge is 0.269 e. The van der Waals surface area contributed by atoms with E-state index in [1.807, 2.05) is 41.0 Å². The summed E-state index contributed by atoms with van der Waals surface area (Å²) in [6, 6.07) is 17.5. The molecule has 1 N–H and O–H groups in total. The van der Waals surface area contributed by atoms with Crippen molar-refractivity contribution in [2.45, 2.75) is 19.5 Å². The molecule has 1 amide bonds. The maximum absolute atomic E-state index is 12.5. The van der Waals surface area contributed by atoms with E-state index in [-0.39, 0.29) is 24.6 Å². The molecule has 4 rings (SSSR count). The van der Waals surface area contributed by atoms with Crippen molar-refractivity contribution >= 4 is 22.8 Å². The van der Waals surface area contributed by atoms with Crippen molar-refractivity contribution in [2.24, 2.45) is 0 Å². The molecule has 32 heavy (non-hydrogen) atoms. The predicted octanol–water partition coefficient (Wildman–Crippen LogP) is 3.26. The molecule has 0 aliphatic rings. The lowest BCUT2D eigenvalue weighted by molar-refractivity contribution is -0.384. The van der Waals surface area contributed by atoms with E-state index in [9.17, 15) is 14.9 Å². The van der Waals surface area contributed by atoms with Gasteiger partial charge in [-0.3, -0.25) is 14.9 Å². The number of carbonyl (C=O) groups is 1. The van der Waals surface area contributed by atoms with Gasteiger partial charge in [-0.1, -0.05) is 24.3 Å². The van der Waals surface area contributed by atoms with E-state index in [2.05, 4.69) is 15.3 Å². The number of rotatable bonds is 8. The van der Waals surface area contributed by atoms with Crippen LogP contribution in [0.2, 0.25) is 0 Å². The molecule has 0 saturated carbocycles. The Balaban J connectivity index is 1.52. The fraction of sp³-hybridized carbons (Fsp3) is 0.174. The van der Waals surface area contributed by atoms with Gasteiger partial charge in [0, 0.05) is 18.3 Å². The molecule has 2 aromatic heterocycles. The number of fused-ring (bicyclic) bond motifs is 1. The molecule has 162 valence electrons. The van der Waals surface area contributed by atoms with Crippen LogP contribution in [0, 0.1) is 10.1 Å². The van der Waals surface area contributed by atoms with Gasteiger partial charge >= 0.3 is 0 Å². The van der Waals surface area contributed by atoms with Gasteiger partial charge in [0.25, 0.3) is 5.69 Å². The minimum absolute atomic E-state index is 0.0377. The number of amides is 1. The standard InChI is InChI=1S/C23H21N5O4/c1-32-19-8-3-6-17(12-19)15-27-21(26-20-9-4-10-24-23(20)27)14-25-22(29)13-16-5-2-7-18(11-16)28(30)31/h2-12H,13-15H2,1H3,(H,25,29). The van der Waals surface area contributed by atoms with Crippen molar-refractivity contribution in [3.63, 3.8) is 0 Å². The zero-order valence-corrected chi connectivity index (χ0v) is 17.4.